The summed E-state index contributed by atoms with van der Waals surface area (Å²) in [6, 6.07) is 0.885. The summed E-state index contributed by atoms with van der Waals surface area (Å²) in [5.74, 6) is 1.36. The predicted octanol–water partition coefficient (Wildman–Crippen LogP) is 0.861. The van der Waals surface area contributed by atoms with E-state index in [9.17, 15) is 4.21 Å². The van der Waals surface area contributed by atoms with Gasteiger partial charge in [0.1, 0.15) is 0 Å². The van der Waals surface area contributed by atoms with Gasteiger partial charge in [0.05, 0.1) is 0 Å². The van der Waals surface area contributed by atoms with Gasteiger partial charge in [0.25, 0.3) is 0 Å². The topological polar surface area (TPSA) is 55.1 Å². The summed E-state index contributed by atoms with van der Waals surface area (Å²) in [4.78, 5) is 0. The van der Waals surface area contributed by atoms with Crippen molar-refractivity contribution < 1.29 is 4.21 Å². The lowest BCUT2D eigenvalue weighted by Crippen LogP contribution is -2.47. The number of rotatable bonds is 5. The van der Waals surface area contributed by atoms with Crippen LogP contribution in [0.2, 0.25) is 0 Å². The fourth-order valence-electron chi connectivity index (χ4n) is 2.47. The van der Waals surface area contributed by atoms with E-state index in [1.54, 1.807) is 6.26 Å². The molecule has 1 saturated carbocycles. The maximum Gasteiger partial charge on any atom is 0.0383 e. The van der Waals surface area contributed by atoms with Crippen molar-refractivity contribution in [1.29, 1.82) is 0 Å². The van der Waals surface area contributed by atoms with Crippen molar-refractivity contribution in [3.63, 3.8) is 0 Å². The Hall–Kier alpha value is 0.0700. The summed E-state index contributed by atoms with van der Waals surface area (Å²) < 4.78 is 11.1. The maximum atomic E-state index is 11.1. The third kappa shape index (κ3) is 4.62. The molecule has 0 aliphatic heterocycles. The molecule has 1 aliphatic carbocycles. The Morgan fingerprint density at radius 3 is 2.73 bits per heavy atom. The van der Waals surface area contributed by atoms with Gasteiger partial charge in [-0.15, -0.1) is 0 Å². The molecule has 4 heteroatoms. The van der Waals surface area contributed by atoms with Gasteiger partial charge in [-0.05, 0) is 32.2 Å². The SMILES string of the molecule is CC(CS(C)=O)NC1CCCCC1CN. The van der Waals surface area contributed by atoms with E-state index in [0.29, 0.717) is 18.0 Å². The zero-order valence-corrected chi connectivity index (χ0v) is 10.7. The zero-order chi connectivity index (χ0) is 11.3. The second-order valence-corrected chi connectivity index (χ2v) is 6.17. The monoisotopic (exact) mass is 232 g/mol. The smallest absolute Gasteiger partial charge is 0.0383 e. The summed E-state index contributed by atoms with van der Waals surface area (Å²) in [5, 5.41) is 3.58. The molecule has 0 aromatic carbocycles. The first kappa shape index (κ1) is 13.1. The van der Waals surface area contributed by atoms with Crippen molar-refractivity contribution in [2.75, 3.05) is 18.6 Å². The molecule has 4 atom stereocenters. The van der Waals surface area contributed by atoms with E-state index in [4.69, 9.17) is 5.73 Å². The summed E-state index contributed by atoms with van der Waals surface area (Å²) in [6.07, 6.45) is 6.85. The minimum atomic E-state index is -0.707. The van der Waals surface area contributed by atoms with Gasteiger partial charge in [-0.2, -0.15) is 0 Å². The molecule has 15 heavy (non-hydrogen) atoms. The third-order valence-corrected chi connectivity index (χ3v) is 4.16. The van der Waals surface area contributed by atoms with E-state index in [1.807, 2.05) is 0 Å². The van der Waals surface area contributed by atoms with Crippen LogP contribution in [-0.4, -0.2) is 34.8 Å². The molecule has 0 aromatic heterocycles. The Bertz CT molecular complexity index is 211. The van der Waals surface area contributed by atoms with Crippen LogP contribution in [0.5, 0.6) is 0 Å². The van der Waals surface area contributed by atoms with E-state index in [0.717, 1.165) is 12.3 Å². The average Bonchev–Trinajstić information content (AvgIpc) is 2.17. The van der Waals surface area contributed by atoms with Gasteiger partial charge >= 0.3 is 0 Å². The molecule has 0 bridgehead atoms. The lowest BCUT2D eigenvalue weighted by molar-refractivity contribution is 0.256. The van der Waals surface area contributed by atoms with Crippen LogP contribution in [0.1, 0.15) is 32.6 Å². The fraction of sp³-hybridized carbons (Fsp3) is 1.00. The summed E-state index contributed by atoms with van der Waals surface area (Å²) in [7, 11) is -0.707. The lowest BCUT2D eigenvalue weighted by atomic mass is 9.84. The van der Waals surface area contributed by atoms with Crippen LogP contribution in [0, 0.1) is 5.92 Å². The molecular weight excluding hydrogens is 208 g/mol. The number of hydrogen-bond donors (Lipinski definition) is 2. The van der Waals surface area contributed by atoms with Crippen LogP contribution in [0.4, 0.5) is 0 Å². The quantitative estimate of drug-likeness (QED) is 0.739. The molecule has 4 unspecified atom stereocenters. The molecular formula is C11H24N2OS. The number of nitrogens with one attached hydrogen (secondary N) is 1. The first-order valence-electron chi connectivity index (χ1n) is 5.89. The highest BCUT2D eigenvalue weighted by Crippen LogP contribution is 2.23. The highest BCUT2D eigenvalue weighted by Gasteiger charge is 2.24. The van der Waals surface area contributed by atoms with Gasteiger partial charge in [0.2, 0.25) is 0 Å². The lowest BCUT2D eigenvalue weighted by Gasteiger charge is -2.33. The number of hydrogen-bond acceptors (Lipinski definition) is 3. The Labute approximate surface area is 95.6 Å². The minimum Gasteiger partial charge on any atom is -0.330 e. The summed E-state index contributed by atoms with van der Waals surface area (Å²) in [6.45, 7) is 2.89. The van der Waals surface area contributed by atoms with Crippen LogP contribution in [-0.2, 0) is 10.8 Å². The Morgan fingerprint density at radius 2 is 2.13 bits per heavy atom. The van der Waals surface area contributed by atoms with Crippen molar-refractivity contribution in [3.05, 3.63) is 0 Å². The molecule has 0 heterocycles. The Morgan fingerprint density at radius 1 is 1.47 bits per heavy atom. The predicted molar refractivity (Wildman–Crippen MR) is 66.3 cm³/mol. The molecule has 0 radical (unpaired) electrons. The molecule has 1 aliphatic rings. The first-order chi connectivity index (χ1) is 7.13. The van der Waals surface area contributed by atoms with Crippen LogP contribution in [0.3, 0.4) is 0 Å². The molecule has 3 nitrogen and oxygen atoms in total. The summed E-state index contributed by atoms with van der Waals surface area (Å²) >= 11 is 0. The van der Waals surface area contributed by atoms with Crippen molar-refractivity contribution in [1.82, 2.24) is 5.32 Å². The largest absolute Gasteiger partial charge is 0.330 e. The van der Waals surface area contributed by atoms with E-state index >= 15 is 0 Å². The van der Waals surface area contributed by atoms with Crippen LogP contribution >= 0.6 is 0 Å². The normalized spacial score (nSPS) is 31.1. The molecule has 1 rings (SSSR count). The van der Waals surface area contributed by atoms with E-state index in [-0.39, 0.29) is 0 Å². The first-order valence-corrected chi connectivity index (χ1v) is 7.62. The average molecular weight is 232 g/mol. The van der Waals surface area contributed by atoms with Gasteiger partial charge < -0.3 is 11.1 Å². The van der Waals surface area contributed by atoms with Crippen LogP contribution in [0.15, 0.2) is 0 Å². The van der Waals surface area contributed by atoms with Gasteiger partial charge in [-0.1, -0.05) is 12.8 Å². The van der Waals surface area contributed by atoms with Crippen molar-refractivity contribution in [2.24, 2.45) is 11.7 Å². The van der Waals surface area contributed by atoms with Crippen molar-refractivity contribution in [3.8, 4) is 0 Å². The van der Waals surface area contributed by atoms with E-state index < -0.39 is 10.8 Å². The standard InChI is InChI=1S/C11H24N2OS/c1-9(8-15(2)14)13-11-6-4-3-5-10(11)7-12/h9-11,13H,3-8,12H2,1-2H3. The van der Waals surface area contributed by atoms with Gasteiger partial charge in [-0.25, -0.2) is 0 Å². The van der Waals surface area contributed by atoms with E-state index in [1.165, 1.54) is 25.7 Å². The molecule has 0 saturated heterocycles. The highest BCUT2D eigenvalue weighted by molar-refractivity contribution is 7.84. The van der Waals surface area contributed by atoms with Gasteiger partial charge in [-0.3, -0.25) is 4.21 Å². The van der Waals surface area contributed by atoms with Gasteiger partial charge in [0.15, 0.2) is 0 Å². The summed E-state index contributed by atoms with van der Waals surface area (Å²) in [5.41, 5.74) is 5.77. The second kappa shape index (κ2) is 6.61. The molecule has 90 valence electrons. The minimum absolute atomic E-state index is 0.341. The van der Waals surface area contributed by atoms with Crippen molar-refractivity contribution in [2.45, 2.75) is 44.7 Å². The maximum absolute atomic E-state index is 11.1. The third-order valence-electron chi connectivity index (χ3n) is 3.20. The Kier molecular flexibility index (Phi) is 5.79. The van der Waals surface area contributed by atoms with Crippen LogP contribution < -0.4 is 11.1 Å². The van der Waals surface area contributed by atoms with Gasteiger partial charge in [0, 0.05) is 34.9 Å². The molecule has 1 fully saturated rings. The molecule has 3 N–H and O–H groups in total. The second-order valence-electron chi connectivity index (χ2n) is 4.69. The highest BCUT2D eigenvalue weighted by atomic mass is 32.2. The van der Waals surface area contributed by atoms with Crippen molar-refractivity contribution >= 4 is 10.8 Å². The molecule has 0 aromatic rings. The molecule has 0 spiro atoms. The zero-order valence-electron chi connectivity index (χ0n) is 9.87. The number of nitrogens with two attached hydrogens (primary N) is 1. The Balaban J connectivity index is 2.37. The van der Waals surface area contributed by atoms with E-state index in [2.05, 4.69) is 12.2 Å². The fourth-order valence-corrected chi connectivity index (χ4v) is 3.28. The molecule has 0 amide bonds. The van der Waals surface area contributed by atoms with Crippen LogP contribution in [0.25, 0.3) is 0 Å².